The molecule has 0 atom stereocenters. The Morgan fingerprint density at radius 2 is 1.44 bits per heavy atom. The van der Waals surface area contributed by atoms with Crippen LogP contribution in [0, 0.1) is 10.5 Å². The van der Waals surface area contributed by atoms with Crippen LogP contribution in [-0.2, 0) is 9.84 Å². The molecule has 3 aromatic carbocycles. The van der Waals surface area contributed by atoms with E-state index in [0.29, 0.717) is 9.79 Å². The molecule has 0 saturated heterocycles. The van der Waals surface area contributed by atoms with Crippen molar-refractivity contribution in [2.24, 2.45) is 0 Å². The van der Waals surface area contributed by atoms with Gasteiger partial charge in [-0.15, -0.1) is 0 Å². The summed E-state index contributed by atoms with van der Waals surface area (Å²) in [5.41, 5.74) is 3.04. The maximum absolute atomic E-state index is 12.8. The Kier molecular flexibility index (Phi) is 5.15. The molecule has 0 amide bonds. The number of ether oxygens (including phenoxy) is 1. The molecule has 0 radical (unpaired) electrons. The van der Waals surface area contributed by atoms with Crippen LogP contribution in [0.1, 0.15) is 5.56 Å². The topological polar surface area (TPSA) is 43.4 Å². The molecule has 0 heterocycles. The van der Waals surface area contributed by atoms with Gasteiger partial charge in [0.05, 0.1) is 16.9 Å². The summed E-state index contributed by atoms with van der Waals surface area (Å²) in [6.45, 7) is 1.93. The highest BCUT2D eigenvalue weighted by molar-refractivity contribution is 14.1. The Bertz CT molecular complexity index is 992. The lowest BCUT2D eigenvalue weighted by Crippen LogP contribution is -2.02. The Morgan fingerprint density at radius 1 is 0.840 bits per heavy atom. The van der Waals surface area contributed by atoms with Crippen molar-refractivity contribution in [1.29, 1.82) is 0 Å². The summed E-state index contributed by atoms with van der Waals surface area (Å²) in [5, 5.41) is 0. The summed E-state index contributed by atoms with van der Waals surface area (Å²) in [5.74, 6) is 0.789. The third-order valence-electron chi connectivity index (χ3n) is 3.98. The van der Waals surface area contributed by atoms with Crippen molar-refractivity contribution >= 4 is 32.4 Å². The van der Waals surface area contributed by atoms with Gasteiger partial charge in [0.25, 0.3) is 0 Å². The molecule has 5 heteroatoms. The highest BCUT2D eigenvalue weighted by atomic mass is 127. The average molecular weight is 464 g/mol. The average Bonchev–Trinajstić information content (AvgIpc) is 2.62. The number of benzene rings is 3. The van der Waals surface area contributed by atoms with Gasteiger partial charge in [0.2, 0.25) is 9.84 Å². The monoisotopic (exact) mass is 464 g/mol. The molecule has 0 saturated carbocycles. The molecule has 3 rings (SSSR count). The summed E-state index contributed by atoms with van der Waals surface area (Å²) in [6.07, 6.45) is 0. The molecule has 0 spiro atoms. The zero-order valence-corrected chi connectivity index (χ0v) is 16.8. The van der Waals surface area contributed by atoms with Crippen molar-refractivity contribution in [2.75, 3.05) is 7.11 Å². The molecular formula is C20H17IO3S. The Balaban J connectivity index is 1.99. The van der Waals surface area contributed by atoms with Crippen LogP contribution in [0.3, 0.4) is 0 Å². The molecule has 25 heavy (non-hydrogen) atoms. The Morgan fingerprint density at radius 3 is 2.00 bits per heavy atom. The van der Waals surface area contributed by atoms with Crippen LogP contribution in [0.4, 0.5) is 0 Å². The number of methoxy groups -OCH3 is 1. The summed E-state index contributed by atoms with van der Waals surface area (Å²) in [7, 11) is -1.88. The molecule has 3 aromatic rings. The van der Waals surface area contributed by atoms with Gasteiger partial charge in [-0.3, -0.25) is 0 Å². The van der Waals surface area contributed by atoms with Crippen molar-refractivity contribution in [2.45, 2.75) is 16.7 Å². The fraction of sp³-hybridized carbons (Fsp3) is 0.100. The van der Waals surface area contributed by atoms with Gasteiger partial charge in [0.1, 0.15) is 5.75 Å². The maximum atomic E-state index is 12.8. The number of hydrogen-bond acceptors (Lipinski definition) is 3. The van der Waals surface area contributed by atoms with Gasteiger partial charge >= 0.3 is 0 Å². The van der Waals surface area contributed by atoms with Crippen LogP contribution < -0.4 is 4.74 Å². The minimum atomic E-state index is -3.51. The van der Waals surface area contributed by atoms with Crippen molar-refractivity contribution in [1.82, 2.24) is 0 Å². The predicted molar refractivity (Wildman–Crippen MR) is 108 cm³/mol. The lowest BCUT2D eigenvalue weighted by molar-refractivity contribution is 0.415. The first-order valence-electron chi connectivity index (χ1n) is 7.67. The van der Waals surface area contributed by atoms with Crippen LogP contribution in [0.5, 0.6) is 5.75 Å². The minimum absolute atomic E-state index is 0.304. The van der Waals surface area contributed by atoms with Crippen LogP contribution in [-0.4, -0.2) is 15.5 Å². The summed E-state index contributed by atoms with van der Waals surface area (Å²) < 4.78 is 31.7. The SMILES string of the molecule is COc1ccc(-c2ccc(S(=O)(=O)c3ccc(C)cc3)cc2I)cc1. The van der Waals surface area contributed by atoms with E-state index in [0.717, 1.165) is 26.0 Å². The molecule has 0 aliphatic heterocycles. The second-order valence-corrected chi connectivity index (χ2v) is 8.80. The Hall–Kier alpha value is -1.86. The highest BCUT2D eigenvalue weighted by Crippen LogP contribution is 2.30. The summed E-state index contributed by atoms with van der Waals surface area (Å²) in [4.78, 5) is 0.615. The standard InChI is InChI=1S/C20H17IO3S/c1-14-3-9-17(10-4-14)25(22,23)18-11-12-19(20(21)13-18)15-5-7-16(24-2)8-6-15/h3-13H,1-2H3. The van der Waals surface area contributed by atoms with E-state index in [9.17, 15) is 8.42 Å². The van der Waals surface area contributed by atoms with Gasteiger partial charge < -0.3 is 4.74 Å². The van der Waals surface area contributed by atoms with Crippen LogP contribution >= 0.6 is 22.6 Å². The van der Waals surface area contributed by atoms with Crippen LogP contribution in [0.15, 0.2) is 76.5 Å². The molecule has 0 aromatic heterocycles. The number of rotatable bonds is 4. The molecule has 0 aliphatic carbocycles. The fourth-order valence-electron chi connectivity index (χ4n) is 2.52. The van der Waals surface area contributed by atoms with E-state index in [1.165, 1.54) is 0 Å². The number of hydrogen-bond donors (Lipinski definition) is 0. The van der Waals surface area contributed by atoms with Gasteiger partial charge in [0.15, 0.2) is 0 Å². The summed E-state index contributed by atoms with van der Waals surface area (Å²) in [6, 6.07) is 19.9. The molecular weight excluding hydrogens is 447 g/mol. The van der Waals surface area contributed by atoms with E-state index in [2.05, 4.69) is 22.6 Å². The summed E-state index contributed by atoms with van der Waals surface area (Å²) >= 11 is 2.18. The Labute approximate surface area is 161 Å². The van der Waals surface area contributed by atoms with Crippen molar-refractivity contribution in [3.8, 4) is 16.9 Å². The third-order valence-corrected chi connectivity index (χ3v) is 6.64. The van der Waals surface area contributed by atoms with Crippen molar-refractivity contribution in [3.63, 3.8) is 0 Å². The smallest absolute Gasteiger partial charge is 0.206 e. The lowest BCUT2D eigenvalue weighted by Gasteiger charge is -2.10. The van der Waals surface area contributed by atoms with E-state index >= 15 is 0 Å². The quantitative estimate of drug-likeness (QED) is 0.505. The van der Waals surface area contributed by atoms with Gasteiger partial charge in [-0.2, -0.15) is 0 Å². The minimum Gasteiger partial charge on any atom is -0.497 e. The normalized spacial score (nSPS) is 11.3. The molecule has 0 fully saturated rings. The van der Waals surface area contributed by atoms with Crippen LogP contribution in [0.25, 0.3) is 11.1 Å². The molecule has 0 N–H and O–H groups in total. The van der Waals surface area contributed by atoms with Crippen LogP contribution in [0.2, 0.25) is 0 Å². The van der Waals surface area contributed by atoms with E-state index in [1.54, 1.807) is 31.4 Å². The second-order valence-electron chi connectivity index (χ2n) is 5.69. The zero-order valence-electron chi connectivity index (χ0n) is 13.9. The third kappa shape index (κ3) is 3.72. The first kappa shape index (κ1) is 17.9. The van der Waals surface area contributed by atoms with E-state index in [4.69, 9.17) is 4.74 Å². The molecule has 3 nitrogen and oxygen atoms in total. The van der Waals surface area contributed by atoms with Gasteiger partial charge in [-0.1, -0.05) is 35.9 Å². The van der Waals surface area contributed by atoms with E-state index < -0.39 is 9.84 Å². The molecule has 0 aliphatic rings. The van der Waals surface area contributed by atoms with Gasteiger partial charge in [-0.25, -0.2) is 8.42 Å². The van der Waals surface area contributed by atoms with E-state index in [1.807, 2.05) is 49.4 Å². The van der Waals surface area contributed by atoms with E-state index in [-0.39, 0.29) is 0 Å². The first-order chi connectivity index (χ1) is 11.9. The van der Waals surface area contributed by atoms with Crippen molar-refractivity contribution < 1.29 is 13.2 Å². The highest BCUT2D eigenvalue weighted by Gasteiger charge is 2.18. The van der Waals surface area contributed by atoms with Gasteiger partial charge in [0, 0.05) is 3.57 Å². The fourth-order valence-corrected chi connectivity index (χ4v) is 4.85. The predicted octanol–water partition coefficient (Wildman–Crippen LogP) is 5.11. The lowest BCUT2D eigenvalue weighted by atomic mass is 10.1. The van der Waals surface area contributed by atoms with Crippen molar-refractivity contribution in [3.05, 3.63) is 75.9 Å². The number of sulfone groups is 1. The maximum Gasteiger partial charge on any atom is 0.206 e. The zero-order chi connectivity index (χ0) is 18.0. The first-order valence-corrected chi connectivity index (χ1v) is 10.2. The largest absolute Gasteiger partial charge is 0.497 e. The molecule has 0 unspecified atom stereocenters. The molecule has 128 valence electrons. The van der Waals surface area contributed by atoms with Gasteiger partial charge in [-0.05, 0) is 77.0 Å². The second kappa shape index (κ2) is 7.17. The number of aryl methyl sites for hydroxylation is 1. The number of halogens is 1. The molecule has 0 bridgehead atoms.